The molecule has 1 aromatic rings. The van der Waals surface area contributed by atoms with Crippen molar-refractivity contribution in [2.75, 3.05) is 6.54 Å². The summed E-state index contributed by atoms with van der Waals surface area (Å²) in [6.45, 7) is 0.0913. The van der Waals surface area contributed by atoms with Crippen molar-refractivity contribution >= 4 is 6.09 Å². The monoisotopic (exact) mass is 236 g/mol. The summed E-state index contributed by atoms with van der Waals surface area (Å²) in [6, 6.07) is 8.68. The summed E-state index contributed by atoms with van der Waals surface area (Å²) in [5.74, 6) is 0. The molecule has 3 atom stereocenters. The van der Waals surface area contributed by atoms with E-state index < -0.39 is 18.2 Å². The Kier molecular flexibility index (Phi) is 3.31. The Morgan fingerprint density at radius 2 is 2.06 bits per heavy atom. The normalized spacial score (nSPS) is 28.4. The summed E-state index contributed by atoms with van der Waals surface area (Å²) >= 11 is 0. The van der Waals surface area contributed by atoms with Crippen LogP contribution in [-0.4, -0.2) is 45.9 Å². The number of aliphatic hydroxyl groups is 1. The molecule has 5 heteroatoms. The zero-order chi connectivity index (χ0) is 12.4. The minimum absolute atomic E-state index is 0.0913. The lowest BCUT2D eigenvalue weighted by molar-refractivity contribution is 0.131. The molecule has 0 radical (unpaired) electrons. The second-order valence-electron chi connectivity index (χ2n) is 4.34. The molecule has 92 valence electrons. The summed E-state index contributed by atoms with van der Waals surface area (Å²) in [4.78, 5) is 12.3. The van der Waals surface area contributed by atoms with Crippen LogP contribution in [0.15, 0.2) is 30.3 Å². The van der Waals surface area contributed by atoms with Crippen molar-refractivity contribution < 1.29 is 15.0 Å². The van der Waals surface area contributed by atoms with E-state index in [4.69, 9.17) is 10.8 Å². The van der Waals surface area contributed by atoms with Crippen LogP contribution >= 0.6 is 0 Å². The van der Waals surface area contributed by atoms with E-state index in [1.165, 1.54) is 4.90 Å². The highest BCUT2D eigenvalue weighted by molar-refractivity contribution is 5.66. The largest absolute Gasteiger partial charge is 0.465 e. The number of β-amino-alcohol motifs (C(OH)–C–C–N with tert-alkyl or cyclic N) is 1. The quantitative estimate of drug-likeness (QED) is 0.688. The van der Waals surface area contributed by atoms with Gasteiger partial charge in [0, 0.05) is 0 Å². The maximum absolute atomic E-state index is 11.1. The maximum atomic E-state index is 11.1. The minimum Gasteiger partial charge on any atom is -0.465 e. The van der Waals surface area contributed by atoms with Crippen LogP contribution in [-0.2, 0) is 6.42 Å². The lowest BCUT2D eigenvalue weighted by Gasteiger charge is -2.23. The maximum Gasteiger partial charge on any atom is 0.407 e. The summed E-state index contributed by atoms with van der Waals surface area (Å²) in [6.07, 6.45) is -1.27. The first-order valence-electron chi connectivity index (χ1n) is 5.56. The molecule has 4 N–H and O–H groups in total. The first kappa shape index (κ1) is 11.9. The van der Waals surface area contributed by atoms with Crippen molar-refractivity contribution in [1.82, 2.24) is 4.90 Å². The van der Waals surface area contributed by atoms with E-state index >= 15 is 0 Å². The summed E-state index contributed by atoms with van der Waals surface area (Å²) in [5.41, 5.74) is 6.87. The molecule has 0 bridgehead atoms. The average Bonchev–Trinajstić information content (AvgIpc) is 2.59. The van der Waals surface area contributed by atoms with Crippen molar-refractivity contribution in [1.29, 1.82) is 0 Å². The van der Waals surface area contributed by atoms with Crippen LogP contribution in [0.3, 0.4) is 0 Å². The smallest absolute Gasteiger partial charge is 0.407 e. The molecule has 0 spiro atoms. The molecule has 17 heavy (non-hydrogen) atoms. The Balaban J connectivity index is 2.15. The molecule has 0 aliphatic carbocycles. The fraction of sp³-hybridized carbons (Fsp3) is 0.417. The lowest BCUT2D eigenvalue weighted by atomic mass is 10.00. The van der Waals surface area contributed by atoms with Gasteiger partial charge in [-0.15, -0.1) is 0 Å². The Morgan fingerprint density at radius 1 is 1.41 bits per heavy atom. The fourth-order valence-corrected chi connectivity index (χ4v) is 2.24. The predicted molar refractivity (Wildman–Crippen MR) is 62.6 cm³/mol. The first-order valence-corrected chi connectivity index (χ1v) is 5.56. The highest BCUT2D eigenvalue weighted by Crippen LogP contribution is 2.21. The molecule has 1 heterocycles. The van der Waals surface area contributed by atoms with Gasteiger partial charge in [0.05, 0.1) is 24.7 Å². The van der Waals surface area contributed by atoms with E-state index in [9.17, 15) is 9.90 Å². The molecule has 1 unspecified atom stereocenters. The number of benzene rings is 1. The molecule has 2 rings (SSSR count). The SMILES string of the molecule is N[C@@H]1C(Cc2ccccc2)N(C(=O)O)C[C@H]1O. The second kappa shape index (κ2) is 4.73. The van der Waals surface area contributed by atoms with E-state index in [1.54, 1.807) is 0 Å². The van der Waals surface area contributed by atoms with E-state index in [0.717, 1.165) is 5.56 Å². The third-order valence-corrected chi connectivity index (χ3v) is 3.21. The summed E-state index contributed by atoms with van der Waals surface area (Å²) < 4.78 is 0. The molecule has 0 saturated carbocycles. The van der Waals surface area contributed by atoms with Crippen LogP contribution in [0, 0.1) is 0 Å². The number of aliphatic hydroxyl groups excluding tert-OH is 1. The number of rotatable bonds is 2. The Morgan fingerprint density at radius 3 is 2.65 bits per heavy atom. The van der Waals surface area contributed by atoms with Crippen molar-refractivity contribution in [3.05, 3.63) is 35.9 Å². The number of hydrogen-bond donors (Lipinski definition) is 3. The van der Waals surface area contributed by atoms with Gasteiger partial charge in [-0.05, 0) is 12.0 Å². The minimum atomic E-state index is -1.03. The van der Waals surface area contributed by atoms with Gasteiger partial charge in [0.25, 0.3) is 0 Å². The van der Waals surface area contributed by atoms with Gasteiger partial charge in [0.1, 0.15) is 0 Å². The van der Waals surface area contributed by atoms with Gasteiger partial charge in [0.2, 0.25) is 0 Å². The molecule has 1 aliphatic heterocycles. The average molecular weight is 236 g/mol. The van der Waals surface area contributed by atoms with Crippen LogP contribution < -0.4 is 5.73 Å². The standard InChI is InChI=1S/C12H16N2O3/c13-11-9(6-8-4-2-1-3-5-8)14(12(16)17)7-10(11)15/h1-5,9-11,15H,6-7,13H2,(H,16,17)/t9?,10-,11-/m1/s1. The summed E-state index contributed by atoms with van der Waals surface area (Å²) in [5, 5.41) is 18.7. The van der Waals surface area contributed by atoms with Gasteiger partial charge in [-0.1, -0.05) is 30.3 Å². The fourth-order valence-electron chi connectivity index (χ4n) is 2.24. The Hall–Kier alpha value is -1.59. The zero-order valence-corrected chi connectivity index (χ0v) is 9.36. The Bertz CT molecular complexity index is 396. The topological polar surface area (TPSA) is 86.8 Å². The van der Waals surface area contributed by atoms with E-state index in [2.05, 4.69) is 0 Å². The van der Waals surface area contributed by atoms with Crippen molar-refractivity contribution in [3.63, 3.8) is 0 Å². The third kappa shape index (κ3) is 2.40. The number of nitrogens with zero attached hydrogens (tertiary/aromatic N) is 1. The van der Waals surface area contributed by atoms with Gasteiger partial charge in [-0.2, -0.15) is 0 Å². The third-order valence-electron chi connectivity index (χ3n) is 3.21. The highest BCUT2D eigenvalue weighted by Gasteiger charge is 2.41. The number of likely N-dealkylation sites (tertiary alicyclic amines) is 1. The Labute approximate surface area is 99.5 Å². The molecule has 1 fully saturated rings. The molecule has 5 nitrogen and oxygen atoms in total. The number of carbonyl (C=O) groups is 1. The zero-order valence-electron chi connectivity index (χ0n) is 9.36. The van der Waals surface area contributed by atoms with Crippen LogP contribution in [0.5, 0.6) is 0 Å². The molecular weight excluding hydrogens is 220 g/mol. The van der Waals surface area contributed by atoms with Crippen LogP contribution in [0.1, 0.15) is 5.56 Å². The van der Waals surface area contributed by atoms with Gasteiger partial charge in [-0.3, -0.25) is 0 Å². The van der Waals surface area contributed by atoms with Gasteiger partial charge in [-0.25, -0.2) is 4.79 Å². The lowest BCUT2D eigenvalue weighted by Crippen LogP contribution is -2.45. The first-order chi connectivity index (χ1) is 8.09. The van der Waals surface area contributed by atoms with E-state index in [1.807, 2.05) is 30.3 Å². The molecule has 1 aromatic carbocycles. The van der Waals surface area contributed by atoms with Gasteiger partial charge in [0.15, 0.2) is 0 Å². The number of amides is 1. The number of carboxylic acid groups (broad SMARTS) is 1. The molecule has 0 aromatic heterocycles. The molecule has 1 amide bonds. The van der Waals surface area contributed by atoms with Gasteiger partial charge >= 0.3 is 6.09 Å². The van der Waals surface area contributed by atoms with E-state index in [-0.39, 0.29) is 12.6 Å². The van der Waals surface area contributed by atoms with E-state index in [0.29, 0.717) is 6.42 Å². The summed E-state index contributed by atoms with van der Waals surface area (Å²) in [7, 11) is 0. The number of hydrogen-bond acceptors (Lipinski definition) is 3. The predicted octanol–water partition coefficient (Wildman–Crippen LogP) is 0.279. The molecule has 1 aliphatic rings. The van der Waals surface area contributed by atoms with Crippen molar-refractivity contribution in [2.24, 2.45) is 5.73 Å². The highest BCUT2D eigenvalue weighted by atomic mass is 16.4. The van der Waals surface area contributed by atoms with Crippen molar-refractivity contribution in [3.8, 4) is 0 Å². The second-order valence-corrected chi connectivity index (χ2v) is 4.34. The molecular formula is C12H16N2O3. The van der Waals surface area contributed by atoms with Crippen molar-refractivity contribution in [2.45, 2.75) is 24.6 Å². The van der Waals surface area contributed by atoms with Crippen LogP contribution in [0.2, 0.25) is 0 Å². The van der Waals surface area contributed by atoms with Crippen LogP contribution in [0.25, 0.3) is 0 Å². The number of nitrogens with two attached hydrogens (primary N) is 1. The van der Waals surface area contributed by atoms with Crippen LogP contribution in [0.4, 0.5) is 4.79 Å². The molecule has 1 saturated heterocycles. The van der Waals surface area contributed by atoms with Gasteiger partial charge < -0.3 is 20.8 Å².